The molecule has 1 N–H and O–H groups in total. The summed E-state index contributed by atoms with van der Waals surface area (Å²) >= 11 is 0. The Morgan fingerprint density at radius 2 is 1.89 bits per heavy atom. The minimum Gasteiger partial charge on any atom is -0.497 e. The SMILES string of the molecule is CCOC(=O)CCC1CC(N(C[C@H]2C[C@@H](n3ccc4c(NCc5ccc(OC)cc5OC)ncnc43)[C@@H]3OC(C)(C)O[C@H]23)C(C)C)C1. The van der Waals surface area contributed by atoms with Crippen LogP contribution in [0.15, 0.2) is 36.8 Å². The van der Waals surface area contributed by atoms with Crippen LogP contribution in [0.1, 0.15) is 78.3 Å². The summed E-state index contributed by atoms with van der Waals surface area (Å²) in [6.07, 6.45) is 8.29. The van der Waals surface area contributed by atoms with Crippen LogP contribution in [0.2, 0.25) is 0 Å². The number of fused-ring (bicyclic) bond motifs is 2. The second-order valence-electron chi connectivity index (χ2n) is 14.0. The average Bonchev–Trinajstić information content (AvgIpc) is 3.69. The standard InChI is InChI=1S/C36H51N5O6/c1-8-45-31(42)12-9-23-15-26(16-23)41(22(2)3)20-25-17-29(33-32(25)46-36(4,5)47-33)40-14-13-28-34(38-21-39-35(28)40)37-19-24-10-11-27(43-6)18-30(24)44-7/h10-11,13-14,18,21-23,25-26,29,32-33H,8-9,12,15-17,19-20H2,1-7H3,(H,37,38,39)/t23?,25-,26?,29-,32-,33+/m1/s1. The van der Waals surface area contributed by atoms with Gasteiger partial charge in [-0.05, 0) is 84.4 Å². The zero-order valence-electron chi connectivity index (χ0n) is 28.9. The smallest absolute Gasteiger partial charge is 0.305 e. The molecule has 1 aromatic carbocycles. The van der Waals surface area contributed by atoms with Crippen molar-refractivity contribution in [1.29, 1.82) is 0 Å². The van der Waals surface area contributed by atoms with Gasteiger partial charge in [-0.1, -0.05) is 0 Å². The van der Waals surface area contributed by atoms with Gasteiger partial charge in [0.2, 0.25) is 0 Å². The van der Waals surface area contributed by atoms with Crippen molar-refractivity contribution in [1.82, 2.24) is 19.4 Å². The van der Waals surface area contributed by atoms with Gasteiger partial charge in [-0.15, -0.1) is 0 Å². The maximum Gasteiger partial charge on any atom is 0.305 e. The van der Waals surface area contributed by atoms with Crippen LogP contribution < -0.4 is 14.8 Å². The van der Waals surface area contributed by atoms with Gasteiger partial charge in [0.1, 0.15) is 35.4 Å². The molecule has 2 aromatic heterocycles. The number of nitrogens with zero attached hydrogens (tertiary/aromatic N) is 4. The highest BCUT2D eigenvalue weighted by atomic mass is 16.8. The number of hydrogen-bond acceptors (Lipinski definition) is 10. The number of anilines is 1. The summed E-state index contributed by atoms with van der Waals surface area (Å²) in [7, 11) is 3.31. The number of carbonyl (C=O) groups is 1. The Bertz CT molecular complexity index is 1540. The highest BCUT2D eigenvalue weighted by Gasteiger charge is 2.55. The van der Waals surface area contributed by atoms with Crippen LogP contribution in [-0.4, -0.2) is 82.9 Å². The number of hydrogen-bond donors (Lipinski definition) is 1. The molecule has 2 saturated carbocycles. The third-order valence-corrected chi connectivity index (χ3v) is 10.2. The molecule has 0 bridgehead atoms. The first-order valence-electron chi connectivity index (χ1n) is 17.1. The summed E-state index contributed by atoms with van der Waals surface area (Å²) in [6.45, 7) is 12.4. The lowest BCUT2D eigenvalue weighted by molar-refractivity contribution is -0.161. The molecule has 6 rings (SSSR count). The third kappa shape index (κ3) is 7.07. The lowest BCUT2D eigenvalue weighted by Crippen LogP contribution is -2.51. The van der Waals surface area contributed by atoms with Crippen molar-refractivity contribution in [2.75, 3.05) is 32.7 Å². The molecule has 1 aliphatic heterocycles. The van der Waals surface area contributed by atoms with Gasteiger partial charge >= 0.3 is 5.97 Å². The molecule has 3 heterocycles. The maximum absolute atomic E-state index is 11.9. The molecule has 4 atom stereocenters. The molecular weight excluding hydrogens is 598 g/mol. The van der Waals surface area contributed by atoms with Gasteiger partial charge in [-0.25, -0.2) is 9.97 Å². The highest BCUT2D eigenvalue weighted by molar-refractivity contribution is 5.87. The summed E-state index contributed by atoms with van der Waals surface area (Å²) < 4.78 is 31.6. The maximum atomic E-state index is 11.9. The van der Waals surface area contributed by atoms with E-state index in [9.17, 15) is 4.79 Å². The first-order chi connectivity index (χ1) is 22.6. The molecule has 2 aliphatic carbocycles. The first kappa shape index (κ1) is 33.5. The van der Waals surface area contributed by atoms with Crippen molar-refractivity contribution in [3.05, 3.63) is 42.4 Å². The van der Waals surface area contributed by atoms with Crippen LogP contribution in [-0.2, 0) is 25.5 Å². The monoisotopic (exact) mass is 649 g/mol. The molecule has 11 heteroatoms. The fourth-order valence-electron chi connectivity index (χ4n) is 7.88. The largest absolute Gasteiger partial charge is 0.497 e. The molecule has 0 amide bonds. The second kappa shape index (κ2) is 14.0. The van der Waals surface area contributed by atoms with E-state index in [1.807, 2.05) is 39.0 Å². The normalized spacial score (nSPS) is 26.4. The second-order valence-corrected chi connectivity index (χ2v) is 14.0. The molecule has 47 heavy (non-hydrogen) atoms. The van der Waals surface area contributed by atoms with Crippen LogP contribution in [0.25, 0.3) is 11.0 Å². The molecular formula is C36H51N5O6. The van der Waals surface area contributed by atoms with Crippen LogP contribution in [0, 0.1) is 11.8 Å². The number of rotatable bonds is 14. The van der Waals surface area contributed by atoms with E-state index in [-0.39, 0.29) is 24.2 Å². The van der Waals surface area contributed by atoms with Crippen molar-refractivity contribution in [3.63, 3.8) is 0 Å². The fraction of sp³-hybridized carbons (Fsp3) is 0.639. The topological polar surface area (TPSA) is 109 Å². The number of carbonyl (C=O) groups excluding carboxylic acids is 1. The number of nitrogens with one attached hydrogen (secondary N) is 1. The number of methoxy groups -OCH3 is 2. The number of benzene rings is 1. The van der Waals surface area contributed by atoms with Crippen molar-refractivity contribution < 1.29 is 28.5 Å². The van der Waals surface area contributed by atoms with Gasteiger partial charge in [0.15, 0.2) is 5.79 Å². The van der Waals surface area contributed by atoms with Crippen molar-refractivity contribution in [2.45, 2.75) is 109 Å². The van der Waals surface area contributed by atoms with E-state index in [4.69, 9.17) is 28.7 Å². The van der Waals surface area contributed by atoms with Crippen LogP contribution in [0.5, 0.6) is 11.5 Å². The van der Waals surface area contributed by atoms with E-state index in [1.54, 1.807) is 20.5 Å². The van der Waals surface area contributed by atoms with E-state index < -0.39 is 5.79 Å². The molecule has 11 nitrogen and oxygen atoms in total. The quantitative estimate of drug-likeness (QED) is 0.210. The van der Waals surface area contributed by atoms with E-state index >= 15 is 0 Å². The fourth-order valence-corrected chi connectivity index (χ4v) is 7.88. The predicted molar refractivity (Wildman–Crippen MR) is 180 cm³/mol. The Hall–Kier alpha value is -3.41. The molecule has 0 radical (unpaired) electrons. The highest BCUT2D eigenvalue weighted by Crippen LogP contribution is 2.49. The predicted octanol–water partition coefficient (Wildman–Crippen LogP) is 5.97. The molecule has 0 unspecified atom stereocenters. The number of ether oxygens (including phenoxy) is 5. The average molecular weight is 650 g/mol. The Balaban J connectivity index is 1.17. The molecule has 3 fully saturated rings. The first-order valence-corrected chi connectivity index (χ1v) is 17.1. The Morgan fingerprint density at radius 1 is 1.11 bits per heavy atom. The summed E-state index contributed by atoms with van der Waals surface area (Å²) in [6, 6.07) is 8.93. The minimum absolute atomic E-state index is 0.00430. The zero-order chi connectivity index (χ0) is 33.3. The van der Waals surface area contributed by atoms with Gasteiger partial charge in [0.05, 0.1) is 38.4 Å². The molecule has 1 saturated heterocycles. The molecule has 3 aromatic rings. The van der Waals surface area contributed by atoms with Gasteiger partial charge in [-0.3, -0.25) is 9.69 Å². The van der Waals surface area contributed by atoms with Gasteiger partial charge in [-0.2, -0.15) is 0 Å². The Labute approximate surface area is 278 Å². The van der Waals surface area contributed by atoms with Crippen LogP contribution in [0.4, 0.5) is 5.82 Å². The van der Waals surface area contributed by atoms with Crippen molar-refractivity contribution in [3.8, 4) is 11.5 Å². The summed E-state index contributed by atoms with van der Waals surface area (Å²) in [5.74, 6) is 2.45. The summed E-state index contributed by atoms with van der Waals surface area (Å²) in [5, 5.41) is 4.47. The Morgan fingerprint density at radius 3 is 2.62 bits per heavy atom. The minimum atomic E-state index is -0.647. The molecule has 256 valence electrons. The van der Waals surface area contributed by atoms with Crippen LogP contribution >= 0.6 is 0 Å². The Kier molecular flexibility index (Phi) is 9.96. The zero-order valence-corrected chi connectivity index (χ0v) is 28.9. The van der Waals surface area contributed by atoms with Crippen molar-refractivity contribution in [2.24, 2.45) is 11.8 Å². The van der Waals surface area contributed by atoms with E-state index in [1.165, 1.54) is 0 Å². The van der Waals surface area contributed by atoms with Crippen LogP contribution in [0.3, 0.4) is 0 Å². The lowest BCUT2D eigenvalue weighted by Gasteiger charge is -2.46. The summed E-state index contributed by atoms with van der Waals surface area (Å²) in [5.41, 5.74) is 1.89. The number of esters is 1. The van der Waals surface area contributed by atoms with Gasteiger partial charge in [0.25, 0.3) is 0 Å². The van der Waals surface area contributed by atoms with Crippen molar-refractivity contribution >= 4 is 22.8 Å². The van der Waals surface area contributed by atoms with E-state index in [0.29, 0.717) is 43.5 Å². The third-order valence-electron chi connectivity index (χ3n) is 10.2. The number of aromatic nitrogens is 3. The molecule has 3 aliphatic rings. The molecule has 0 spiro atoms. The summed E-state index contributed by atoms with van der Waals surface area (Å²) in [4.78, 5) is 23.9. The van der Waals surface area contributed by atoms with E-state index in [0.717, 1.165) is 66.1 Å². The van der Waals surface area contributed by atoms with E-state index in [2.05, 4.69) is 45.9 Å². The lowest BCUT2D eigenvalue weighted by atomic mass is 9.76. The van der Waals surface area contributed by atoms with Gasteiger partial charge < -0.3 is 33.6 Å². The van der Waals surface area contributed by atoms with Gasteiger partial charge in [0, 0.05) is 55.3 Å².